The number of aromatic nitrogens is 1. The fourth-order valence-corrected chi connectivity index (χ4v) is 9.17. The Morgan fingerprint density at radius 3 is 2.38 bits per heavy atom. The van der Waals surface area contributed by atoms with Crippen LogP contribution < -0.4 is 4.74 Å². The molecule has 0 N–H and O–H groups in total. The van der Waals surface area contributed by atoms with E-state index in [1.807, 2.05) is 12.1 Å². The summed E-state index contributed by atoms with van der Waals surface area (Å²) in [5, 5.41) is 1.18. The molecule has 2 bridgehead atoms. The van der Waals surface area contributed by atoms with Crippen LogP contribution in [0.1, 0.15) is 90.7 Å². The van der Waals surface area contributed by atoms with Gasteiger partial charge in [0, 0.05) is 36.1 Å². The van der Waals surface area contributed by atoms with Crippen molar-refractivity contribution in [1.82, 2.24) is 14.4 Å². The Morgan fingerprint density at radius 2 is 1.67 bits per heavy atom. The van der Waals surface area contributed by atoms with Crippen molar-refractivity contribution < 1.29 is 19.1 Å². The highest BCUT2D eigenvalue weighted by molar-refractivity contribution is 6.01. The second kappa shape index (κ2) is 9.87. The van der Waals surface area contributed by atoms with Crippen LogP contribution in [0.2, 0.25) is 0 Å². The van der Waals surface area contributed by atoms with Crippen LogP contribution >= 0.6 is 0 Å². The number of piperazine rings is 1. The topological polar surface area (TPSA) is 64.0 Å². The minimum Gasteiger partial charge on any atom is -0.497 e. The molecule has 3 unspecified atom stereocenters. The number of ether oxygens (including phenoxy) is 2. The average Bonchev–Trinajstić information content (AvgIpc) is 3.68. The van der Waals surface area contributed by atoms with Gasteiger partial charge in [0.1, 0.15) is 11.8 Å². The molecule has 1 amide bonds. The number of carbonyl (C=O) groups is 2. The molecular weight excluding hydrogens is 526 g/mol. The van der Waals surface area contributed by atoms with Crippen LogP contribution in [0.4, 0.5) is 0 Å². The molecule has 2 aromatic carbocycles. The van der Waals surface area contributed by atoms with Crippen molar-refractivity contribution in [3.05, 3.63) is 53.1 Å². The molecular formula is C35H41N3O4. The molecule has 2 saturated carbocycles. The van der Waals surface area contributed by atoms with Crippen LogP contribution in [0, 0.1) is 5.92 Å². The summed E-state index contributed by atoms with van der Waals surface area (Å²) in [4.78, 5) is 32.5. The van der Waals surface area contributed by atoms with E-state index in [1.165, 1.54) is 54.1 Å². The van der Waals surface area contributed by atoms with E-state index in [0.29, 0.717) is 17.4 Å². The van der Waals surface area contributed by atoms with Crippen LogP contribution in [0.3, 0.4) is 0 Å². The fraction of sp³-hybridized carbons (Fsp3) is 0.543. The minimum absolute atomic E-state index is 0.222. The molecule has 8 rings (SSSR count). The number of hydrogen-bond acceptors (Lipinski definition) is 5. The van der Waals surface area contributed by atoms with Crippen molar-refractivity contribution in [3.8, 4) is 17.0 Å². The van der Waals surface area contributed by atoms with Gasteiger partial charge in [-0.2, -0.15) is 0 Å². The number of hydrogen-bond donors (Lipinski definition) is 0. The van der Waals surface area contributed by atoms with E-state index in [-0.39, 0.29) is 35.9 Å². The average molecular weight is 568 g/mol. The number of amides is 1. The predicted octanol–water partition coefficient (Wildman–Crippen LogP) is 6.11. The molecule has 0 radical (unpaired) electrons. The first-order valence-electron chi connectivity index (χ1n) is 15.9. The molecule has 0 spiro atoms. The fourth-order valence-electron chi connectivity index (χ4n) is 9.17. The Hall–Kier alpha value is -3.32. The van der Waals surface area contributed by atoms with Crippen molar-refractivity contribution >= 4 is 22.8 Å². The van der Waals surface area contributed by atoms with Gasteiger partial charge in [-0.3, -0.25) is 4.79 Å². The Labute approximate surface area is 247 Å². The van der Waals surface area contributed by atoms with Gasteiger partial charge in [0.05, 0.1) is 31.0 Å². The lowest BCUT2D eigenvalue weighted by Crippen LogP contribution is -2.56. The Kier molecular flexibility index (Phi) is 6.18. The van der Waals surface area contributed by atoms with Gasteiger partial charge in [0.15, 0.2) is 0 Å². The van der Waals surface area contributed by atoms with Crippen LogP contribution in [0.15, 0.2) is 36.4 Å². The molecule has 5 atom stereocenters. The Balaban J connectivity index is 1.40. The number of esters is 1. The van der Waals surface area contributed by atoms with E-state index >= 15 is 4.79 Å². The standard InChI is InChI=1S/C35H41N3O4/c1-36-18-22-10-11-23(19-36)37(22)34(39)33-29-17-28(29)27-16-24(41-2)12-14-25(27)32-31(20-7-5-4-6-8-20)26-13-9-21(35(40)42-3)15-30(26)38(32)33/h9,12-16,20,22-23,28-29,33H,4-8,10-11,17-19H2,1-3H3/t22?,23?,28-,29-,33?/m0/s1. The first-order valence-corrected chi connectivity index (χ1v) is 15.9. The monoisotopic (exact) mass is 567 g/mol. The molecule has 220 valence electrons. The lowest BCUT2D eigenvalue weighted by molar-refractivity contribution is -0.141. The van der Waals surface area contributed by atoms with Gasteiger partial charge >= 0.3 is 5.97 Å². The molecule has 3 aromatic rings. The van der Waals surface area contributed by atoms with E-state index in [2.05, 4.69) is 45.7 Å². The van der Waals surface area contributed by atoms with Crippen LogP contribution in [-0.2, 0) is 9.53 Å². The summed E-state index contributed by atoms with van der Waals surface area (Å²) < 4.78 is 13.3. The highest BCUT2D eigenvalue weighted by Crippen LogP contribution is 2.62. The van der Waals surface area contributed by atoms with Crippen molar-refractivity contribution in [2.75, 3.05) is 34.4 Å². The third-order valence-corrected chi connectivity index (χ3v) is 11.1. The van der Waals surface area contributed by atoms with E-state index in [1.54, 1.807) is 7.11 Å². The molecule has 42 heavy (non-hydrogen) atoms. The number of benzene rings is 2. The van der Waals surface area contributed by atoms with E-state index < -0.39 is 0 Å². The summed E-state index contributed by atoms with van der Waals surface area (Å²) in [5.74, 6) is 1.79. The van der Waals surface area contributed by atoms with Crippen LogP contribution in [-0.4, -0.2) is 72.7 Å². The zero-order valence-electron chi connectivity index (χ0n) is 25.0. The second-order valence-corrected chi connectivity index (χ2v) is 13.4. The van der Waals surface area contributed by atoms with Gasteiger partial charge in [-0.05, 0) is 98.4 Å². The normalized spacial score (nSPS) is 28.5. The van der Waals surface area contributed by atoms with Crippen LogP contribution in [0.25, 0.3) is 22.2 Å². The maximum absolute atomic E-state index is 15.0. The lowest BCUT2D eigenvalue weighted by Gasteiger charge is -2.41. The van der Waals surface area contributed by atoms with Crippen LogP contribution in [0.5, 0.6) is 5.75 Å². The van der Waals surface area contributed by atoms with Gasteiger partial charge in [0.2, 0.25) is 5.91 Å². The first-order chi connectivity index (χ1) is 20.5. The summed E-state index contributed by atoms with van der Waals surface area (Å²) in [6.45, 7) is 1.89. The van der Waals surface area contributed by atoms with Gasteiger partial charge in [-0.15, -0.1) is 0 Å². The van der Waals surface area contributed by atoms with Gasteiger partial charge in [-0.1, -0.05) is 25.3 Å². The Bertz CT molecular complexity index is 1570. The number of nitrogens with zero attached hydrogens (tertiary/aromatic N) is 3. The zero-order chi connectivity index (χ0) is 28.7. The molecule has 7 nitrogen and oxygen atoms in total. The molecule has 4 fully saturated rings. The lowest BCUT2D eigenvalue weighted by atomic mass is 9.81. The number of rotatable bonds is 4. The quantitative estimate of drug-likeness (QED) is 0.356. The zero-order valence-corrected chi connectivity index (χ0v) is 25.0. The molecule has 5 aliphatic rings. The summed E-state index contributed by atoms with van der Waals surface area (Å²) in [7, 11) is 5.35. The number of likely N-dealkylation sites (N-methyl/N-ethyl adjacent to an activating group) is 1. The third kappa shape index (κ3) is 3.88. The minimum atomic E-state index is -0.338. The van der Waals surface area contributed by atoms with Gasteiger partial charge in [0.25, 0.3) is 0 Å². The highest BCUT2D eigenvalue weighted by Gasteiger charge is 2.55. The van der Waals surface area contributed by atoms with Crippen molar-refractivity contribution in [2.24, 2.45) is 5.92 Å². The summed E-state index contributed by atoms with van der Waals surface area (Å²) in [6.07, 6.45) is 9.21. The number of methoxy groups -OCH3 is 2. The molecule has 2 aliphatic carbocycles. The maximum atomic E-state index is 15.0. The SMILES string of the molecule is COC(=O)c1ccc2c(C3CCCCC3)c3n(c2c1)C(C(=O)N1C2CCC1CN(C)C2)[C@H]1C[C@H]1c1cc(OC)ccc1-3. The summed E-state index contributed by atoms with van der Waals surface area (Å²) in [5.41, 5.74) is 6.65. The number of likely N-dealkylation sites (tertiary alicyclic amines) is 1. The highest BCUT2D eigenvalue weighted by atomic mass is 16.5. The molecule has 4 heterocycles. The van der Waals surface area contributed by atoms with Crippen molar-refractivity contribution in [2.45, 2.75) is 81.3 Å². The Morgan fingerprint density at radius 1 is 0.905 bits per heavy atom. The second-order valence-electron chi connectivity index (χ2n) is 13.4. The van der Waals surface area contributed by atoms with Gasteiger partial charge < -0.3 is 23.8 Å². The predicted molar refractivity (Wildman–Crippen MR) is 162 cm³/mol. The van der Waals surface area contributed by atoms with E-state index in [4.69, 9.17) is 9.47 Å². The van der Waals surface area contributed by atoms with Crippen molar-refractivity contribution in [3.63, 3.8) is 0 Å². The molecule has 2 saturated heterocycles. The third-order valence-electron chi connectivity index (χ3n) is 11.1. The maximum Gasteiger partial charge on any atom is 0.337 e. The van der Waals surface area contributed by atoms with E-state index in [9.17, 15) is 4.79 Å². The molecule has 7 heteroatoms. The summed E-state index contributed by atoms with van der Waals surface area (Å²) in [6, 6.07) is 12.8. The smallest absolute Gasteiger partial charge is 0.337 e. The van der Waals surface area contributed by atoms with E-state index in [0.717, 1.165) is 56.5 Å². The largest absolute Gasteiger partial charge is 0.497 e. The number of fused-ring (bicyclic) bond motifs is 9. The summed E-state index contributed by atoms with van der Waals surface area (Å²) >= 11 is 0. The molecule has 1 aromatic heterocycles. The first kappa shape index (κ1) is 26.3. The van der Waals surface area contributed by atoms with Gasteiger partial charge in [-0.25, -0.2) is 4.79 Å². The number of carbonyl (C=O) groups excluding carboxylic acids is 2. The van der Waals surface area contributed by atoms with Crippen molar-refractivity contribution in [1.29, 1.82) is 0 Å². The molecule has 3 aliphatic heterocycles.